The topological polar surface area (TPSA) is 64.4 Å². The highest BCUT2D eigenvalue weighted by molar-refractivity contribution is 9.10. The standard InChI is InChI=1S/C17H13BrN2O3/c1-22-12-8-6-11(7-9-12)16-13(10-19-23-16)17(21)20-15-5-3-2-4-14(15)18/h2-10H,1H3,(H,20,21). The van der Waals surface area contributed by atoms with Gasteiger partial charge in [-0.15, -0.1) is 0 Å². The number of hydrogen-bond acceptors (Lipinski definition) is 4. The molecule has 0 unspecified atom stereocenters. The number of rotatable bonds is 4. The summed E-state index contributed by atoms with van der Waals surface area (Å²) in [5.41, 5.74) is 1.80. The number of carbonyl (C=O) groups is 1. The molecule has 1 aromatic heterocycles. The van der Waals surface area contributed by atoms with Crippen LogP contribution in [0.15, 0.2) is 63.7 Å². The number of ether oxygens (including phenoxy) is 1. The van der Waals surface area contributed by atoms with E-state index >= 15 is 0 Å². The Morgan fingerprint density at radius 3 is 2.61 bits per heavy atom. The van der Waals surface area contributed by atoms with Gasteiger partial charge < -0.3 is 14.6 Å². The first kappa shape index (κ1) is 15.3. The van der Waals surface area contributed by atoms with Crippen molar-refractivity contribution in [2.75, 3.05) is 12.4 Å². The lowest BCUT2D eigenvalue weighted by Crippen LogP contribution is -2.12. The van der Waals surface area contributed by atoms with Crippen molar-refractivity contribution in [2.24, 2.45) is 0 Å². The van der Waals surface area contributed by atoms with Crippen LogP contribution in [0.4, 0.5) is 5.69 Å². The minimum absolute atomic E-state index is 0.288. The molecular weight excluding hydrogens is 360 g/mol. The molecule has 0 saturated heterocycles. The van der Waals surface area contributed by atoms with Crippen LogP contribution in [-0.4, -0.2) is 18.2 Å². The zero-order valence-electron chi connectivity index (χ0n) is 12.2. The van der Waals surface area contributed by atoms with Gasteiger partial charge in [0.05, 0.1) is 19.0 Å². The molecule has 0 aliphatic carbocycles. The minimum atomic E-state index is -0.288. The SMILES string of the molecule is COc1ccc(-c2oncc2C(=O)Nc2ccccc2Br)cc1. The van der Waals surface area contributed by atoms with Crippen LogP contribution in [0.3, 0.4) is 0 Å². The summed E-state index contributed by atoms with van der Waals surface area (Å²) in [6.45, 7) is 0. The molecule has 23 heavy (non-hydrogen) atoms. The van der Waals surface area contributed by atoms with Crippen molar-refractivity contribution in [2.45, 2.75) is 0 Å². The quantitative estimate of drug-likeness (QED) is 0.738. The predicted molar refractivity (Wildman–Crippen MR) is 90.6 cm³/mol. The molecule has 6 heteroatoms. The Labute approximate surface area is 141 Å². The Hall–Kier alpha value is -2.60. The summed E-state index contributed by atoms with van der Waals surface area (Å²) in [7, 11) is 1.60. The van der Waals surface area contributed by atoms with Crippen molar-refractivity contribution >= 4 is 27.5 Å². The number of para-hydroxylation sites is 1. The fraction of sp³-hybridized carbons (Fsp3) is 0.0588. The first-order chi connectivity index (χ1) is 11.2. The molecule has 0 aliphatic rings. The maximum absolute atomic E-state index is 12.5. The largest absolute Gasteiger partial charge is 0.497 e. The molecule has 116 valence electrons. The van der Waals surface area contributed by atoms with E-state index in [0.29, 0.717) is 17.0 Å². The van der Waals surface area contributed by atoms with Crippen molar-refractivity contribution in [3.05, 3.63) is 64.8 Å². The van der Waals surface area contributed by atoms with E-state index in [1.807, 2.05) is 36.4 Å². The monoisotopic (exact) mass is 372 g/mol. The van der Waals surface area contributed by atoms with Gasteiger partial charge in [0.15, 0.2) is 5.76 Å². The molecule has 1 heterocycles. The molecule has 0 fully saturated rings. The van der Waals surface area contributed by atoms with Crippen molar-refractivity contribution in [1.82, 2.24) is 5.16 Å². The molecule has 2 aromatic carbocycles. The van der Waals surface area contributed by atoms with Crippen molar-refractivity contribution < 1.29 is 14.1 Å². The number of amides is 1. The number of anilines is 1. The van der Waals surface area contributed by atoms with Crippen LogP contribution >= 0.6 is 15.9 Å². The van der Waals surface area contributed by atoms with Gasteiger partial charge in [-0.05, 0) is 52.3 Å². The number of hydrogen-bond donors (Lipinski definition) is 1. The highest BCUT2D eigenvalue weighted by Gasteiger charge is 2.18. The molecule has 0 saturated carbocycles. The van der Waals surface area contributed by atoms with Crippen LogP contribution in [0, 0.1) is 0 Å². The zero-order chi connectivity index (χ0) is 16.2. The third kappa shape index (κ3) is 3.27. The molecule has 0 radical (unpaired) electrons. The lowest BCUT2D eigenvalue weighted by Gasteiger charge is -2.07. The first-order valence-electron chi connectivity index (χ1n) is 6.84. The van der Waals surface area contributed by atoms with Crippen molar-refractivity contribution in [1.29, 1.82) is 0 Å². The third-order valence-corrected chi connectivity index (χ3v) is 3.98. The van der Waals surface area contributed by atoms with E-state index < -0.39 is 0 Å². The Bertz CT molecular complexity index is 828. The van der Waals surface area contributed by atoms with Crippen LogP contribution in [0.25, 0.3) is 11.3 Å². The van der Waals surface area contributed by atoms with E-state index in [9.17, 15) is 4.79 Å². The highest BCUT2D eigenvalue weighted by atomic mass is 79.9. The Kier molecular flexibility index (Phi) is 4.43. The molecule has 1 N–H and O–H groups in total. The van der Waals surface area contributed by atoms with Gasteiger partial charge >= 0.3 is 0 Å². The van der Waals surface area contributed by atoms with Gasteiger partial charge in [0.1, 0.15) is 11.3 Å². The van der Waals surface area contributed by atoms with Gasteiger partial charge in [0, 0.05) is 10.0 Å². The molecule has 0 bridgehead atoms. The summed E-state index contributed by atoms with van der Waals surface area (Å²) >= 11 is 3.40. The average molecular weight is 373 g/mol. The second-order valence-electron chi connectivity index (χ2n) is 4.73. The van der Waals surface area contributed by atoms with Crippen LogP contribution in [0.1, 0.15) is 10.4 Å². The molecular formula is C17H13BrN2O3. The summed E-state index contributed by atoms with van der Waals surface area (Å²) in [5, 5.41) is 6.58. The predicted octanol–water partition coefficient (Wildman–Crippen LogP) is 4.37. The minimum Gasteiger partial charge on any atom is -0.497 e. The van der Waals surface area contributed by atoms with Gasteiger partial charge in [-0.3, -0.25) is 4.79 Å². The fourth-order valence-electron chi connectivity index (χ4n) is 2.10. The van der Waals surface area contributed by atoms with Crippen molar-refractivity contribution in [3.8, 4) is 17.1 Å². The second-order valence-corrected chi connectivity index (χ2v) is 5.59. The van der Waals surface area contributed by atoms with E-state index in [1.54, 1.807) is 19.2 Å². The average Bonchev–Trinajstić information content (AvgIpc) is 3.07. The summed E-state index contributed by atoms with van der Waals surface area (Å²) < 4.78 is 11.2. The van der Waals surface area contributed by atoms with Crippen LogP contribution < -0.4 is 10.1 Å². The van der Waals surface area contributed by atoms with E-state index in [2.05, 4.69) is 26.4 Å². The molecule has 0 spiro atoms. The number of halogens is 1. The molecule has 5 nitrogen and oxygen atoms in total. The maximum Gasteiger partial charge on any atom is 0.261 e. The van der Waals surface area contributed by atoms with Gasteiger partial charge in [0.2, 0.25) is 0 Å². The smallest absolute Gasteiger partial charge is 0.261 e. The summed E-state index contributed by atoms with van der Waals surface area (Å²) in [4.78, 5) is 12.5. The summed E-state index contributed by atoms with van der Waals surface area (Å²) in [5.74, 6) is 0.855. The van der Waals surface area contributed by atoms with Crippen LogP contribution in [0.5, 0.6) is 5.75 Å². The fourth-order valence-corrected chi connectivity index (χ4v) is 2.49. The molecule has 0 aliphatic heterocycles. The van der Waals surface area contributed by atoms with Gasteiger partial charge in [0.25, 0.3) is 5.91 Å². The Morgan fingerprint density at radius 2 is 1.91 bits per heavy atom. The number of nitrogens with zero attached hydrogens (tertiary/aromatic N) is 1. The molecule has 3 rings (SSSR count). The van der Waals surface area contributed by atoms with E-state index in [1.165, 1.54) is 6.20 Å². The third-order valence-electron chi connectivity index (χ3n) is 3.29. The Balaban J connectivity index is 1.88. The van der Waals surface area contributed by atoms with Gasteiger partial charge in [-0.25, -0.2) is 0 Å². The van der Waals surface area contributed by atoms with E-state index in [-0.39, 0.29) is 5.91 Å². The Morgan fingerprint density at radius 1 is 1.17 bits per heavy atom. The van der Waals surface area contributed by atoms with E-state index in [4.69, 9.17) is 9.26 Å². The lowest BCUT2D eigenvalue weighted by atomic mass is 10.1. The normalized spacial score (nSPS) is 10.3. The number of benzene rings is 2. The van der Waals surface area contributed by atoms with Crippen LogP contribution in [0.2, 0.25) is 0 Å². The highest BCUT2D eigenvalue weighted by Crippen LogP contribution is 2.27. The van der Waals surface area contributed by atoms with Crippen molar-refractivity contribution in [3.63, 3.8) is 0 Å². The maximum atomic E-state index is 12.5. The molecule has 3 aromatic rings. The lowest BCUT2D eigenvalue weighted by molar-refractivity contribution is 0.102. The van der Waals surface area contributed by atoms with E-state index in [0.717, 1.165) is 15.8 Å². The summed E-state index contributed by atoms with van der Waals surface area (Å²) in [6.07, 6.45) is 1.41. The second kappa shape index (κ2) is 6.66. The van der Waals surface area contributed by atoms with Crippen LogP contribution in [-0.2, 0) is 0 Å². The number of aromatic nitrogens is 1. The van der Waals surface area contributed by atoms with Gasteiger partial charge in [-0.2, -0.15) is 0 Å². The van der Waals surface area contributed by atoms with Gasteiger partial charge in [-0.1, -0.05) is 17.3 Å². The molecule has 1 amide bonds. The zero-order valence-corrected chi connectivity index (χ0v) is 13.8. The number of methoxy groups -OCH3 is 1. The first-order valence-corrected chi connectivity index (χ1v) is 7.63. The number of carbonyl (C=O) groups excluding carboxylic acids is 1. The summed E-state index contributed by atoms with van der Waals surface area (Å²) in [6, 6.07) is 14.6. The molecule has 0 atom stereocenters. The number of nitrogens with one attached hydrogen (secondary N) is 1.